The third-order valence-electron chi connectivity index (χ3n) is 5.39. The van der Waals surface area contributed by atoms with Crippen molar-refractivity contribution in [3.8, 4) is 17.1 Å². The van der Waals surface area contributed by atoms with E-state index in [1.165, 1.54) is 12.4 Å². The first kappa shape index (κ1) is 19.1. The Kier molecular flexibility index (Phi) is 4.99. The average molecular weight is 417 g/mol. The maximum atomic E-state index is 14.6. The average Bonchev–Trinajstić information content (AvgIpc) is 3.41. The van der Waals surface area contributed by atoms with Gasteiger partial charge in [-0.05, 0) is 55.3 Å². The smallest absolute Gasteiger partial charge is 0.255 e. The third-order valence-corrected chi connectivity index (χ3v) is 5.39. The van der Waals surface area contributed by atoms with Crippen LogP contribution in [0.1, 0.15) is 35.4 Å². The number of nitrogens with one attached hydrogen (secondary N) is 1. The molecule has 0 bridgehead atoms. The quantitative estimate of drug-likeness (QED) is 0.547. The first-order valence-electron chi connectivity index (χ1n) is 10.2. The molecule has 1 aliphatic rings. The number of halogens is 1. The summed E-state index contributed by atoms with van der Waals surface area (Å²) in [6, 6.07) is 11.5. The lowest BCUT2D eigenvalue weighted by Gasteiger charge is -2.11. The SMILES string of the molecule is O=C(Nc1ccc(F)c(-c2nnc3n2CCCCC3)c1)c1ccc(-n2cncn2)cc1. The van der Waals surface area contributed by atoms with Crippen molar-refractivity contribution >= 4 is 11.6 Å². The van der Waals surface area contributed by atoms with Gasteiger partial charge in [-0.3, -0.25) is 4.79 Å². The molecule has 4 aromatic rings. The zero-order valence-corrected chi connectivity index (χ0v) is 16.7. The van der Waals surface area contributed by atoms with Crippen LogP contribution in [0.2, 0.25) is 0 Å². The standard InChI is InChI=1S/C22H20FN7O/c23-19-10-7-16(12-18(19)21-28-27-20-4-2-1-3-11-29(20)21)26-22(31)15-5-8-17(9-6-15)30-14-24-13-25-30/h5-10,12-14H,1-4,11H2,(H,26,31). The zero-order valence-electron chi connectivity index (χ0n) is 16.7. The minimum atomic E-state index is -0.394. The number of hydrogen-bond donors (Lipinski definition) is 1. The van der Waals surface area contributed by atoms with Gasteiger partial charge in [0.05, 0.1) is 11.3 Å². The second kappa shape index (κ2) is 8.10. The van der Waals surface area contributed by atoms with E-state index in [1.54, 1.807) is 47.4 Å². The fraction of sp³-hybridized carbons (Fsp3) is 0.227. The lowest BCUT2D eigenvalue weighted by atomic mass is 10.1. The van der Waals surface area contributed by atoms with Crippen LogP contribution >= 0.6 is 0 Å². The Morgan fingerprint density at radius 3 is 2.71 bits per heavy atom. The highest BCUT2D eigenvalue weighted by Gasteiger charge is 2.19. The van der Waals surface area contributed by atoms with Gasteiger partial charge in [0.2, 0.25) is 0 Å². The summed E-state index contributed by atoms with van der Waals surface area (Å²) < 4.78 is 18.2. The fourth-order valence-corrected chi connectivity index (χ4v) is 3.77. The van der Waals surface area contributed by atoms with Gasteiger partial charge in [0, 0.05) is 24.2 Å². The molecule has 9 heteroatoms. The Balaban J connectivity index is 1.38. The highest BCUT2D eigenvalue weighted by Crippen LogP contribution is 2.27. The number of fused-ring (bicyclic) bond motifs is 1. The van der Waals surface area contributed by atoms with Crippen LogP contribution in [0.5, 0.6) is 0 Å². The number of nitrogens with zero attached hydrogens (tertiary/aromatic N) is 6. The molecule has 156 valence electrons. The molecule has 31 heavy (non-hydrogen) atoms. The zero-order chi connectivity index (χ0) is 21.2. The molecule has 0 atom stereocenters. The van der Waals surface area contributed by atoms with Gasteiger partial charge in [0.25, 0.3) is 5.91 Å². The number of aromatic nitrogens is 6. The number of benzene rings is 2. The number of aryl methyl sites for hydroxylation is 1. The molecule has 0 aliphatic carbocycles. The summed E-state index contributed by atoms with van der Waals surface area (Å²) in [4.78, 5) is 16.6. The summed E-state index contributed by atoms with van der Waals surface area (Å²) in [7, 11) is 0. The number of anilines is 1. The van der Waals surface area contributed by atoms with Crippen LogP contribution in [0.3, 0.4) is 0 Å². The number of amides is 1. The fourth-order valence-electron chi connectivity index (χ4n) is 3.77. The minimum absolute atomic E-state index is 0.289. The molecule has 0 unspecified atom stereocenters. The Hall–Kier alpha value is -3.88. The van der Waals surface area contributed by atoms with Crippen molar-refractivity contribution in [1.29, 1.82) is 0 Å². The molecular weight excluding hydrogens is 397 g/mol. The molecule has 8 nitrogen and oxygen atoms in total. The van der Waals surface area contributed by atoms with Crippen LogP contribution in [0.4, 0.5) is 10.1 Å². The van der Waals surface area contributed by atoms with Crippen LogP contribution in [-0.4, -0.2) is 35.4 Å². The van der Waals surface area contributed by atoms with Gasteiger partial charge in [0.1, 0.15) is 24.3 Å². The van der Waals surface area contributed by atoms with Gasteiger partial charge in [-0.15, -0.1) is 10.2 Å². The third kappa shape index (κ3) is 3.81. The Bertz CT molecular complexity index is 1220. The van der Waals surface area contributed by atoms with E-state index in [1.807, 2.05) is 4.57 Å². The van der Waals surface area contributed by atoms with Crippen LogP contribution in [0.25, 0.3) is 17.1 Å². The molecule has 0 saturated heterocycles. The van der Waals surface area contributed by atoms with Gasteiger partial charge < -0.3 is 9.88 Å². The summed E-state index contributed by atoms with van der Waals surface area (Å²) in [6.45, 7) is 0.770. The molecule has 1 aliphatic heterocycles. The summed E-state index contributed by atoms with van der Waals surface area (Å²) in [6.07, 6.45) is 7.07. The summed E-state index contributed by atoms with van der Waals surface area (Å²) in [5.74, 6) is 0.703. The Morgan fingerprint density at radius 1 is 1.03 bits per heavy atom. The molecule has 0 saturated carbocycles. The predicted molar refractivity (Wildman–Crippen MR) is 112 cm³/mol. The summed E-state index contributed by atoms with van der Waals surface area (Å²) in [5.41, 5.74) is 2.10. The molecule has 0 spiro atoms. The van der Waals surface area contributed by atoms with E-state index < -0.39 is 5.82 Å². The first-order chi connectivity index (χ1) is 15.2. The normalized spacial score (nSPS) is 13.5. The maximum absolute atomic E-state index is 14.6. The highest BCUT2D eigenvalue weighted by molar-refractivity contribution is 6.04. The molecule has 2 aromatic carbocycles. The minimum Gasteiger partial charge on any atom is -0.322 e. The Morgan fingerprint density at radius 2 is 1.90 bits per heavy atom. The van der Waals surface area contributed by atoms with Crippen molar-refractivity contribution < 1.29 is 9.18 Å². The number of carbonyl (C=O) groups excluding carboxylic acids is 1. The molecule has 0 radical (unpaired) electrons. The molecule has 5 rings (SSSR count). The van der Waals surface area contributed by atoms with Gasteiger partial charge in [-0.25, -0.2) is 14.1 Å². The largest absolute Gasteiger partial charge is 0.322 e. The molecule has 0 fully saturated rings. The molecule has 1 amide bonds. The number of carbonyl (C=O) groups is 1. The van der Waals surface area contributed by atoms with E-state index in [9.17, 15) is 9.18 Å². The van der Waals surface area contributed by atoms with E-state index in [0.717, 1.165) is 43.7 Å². The monoisotopic (exact) mass is 417 g/mol. The number of hydrogen-bond acceptors (Lipinski definition) is 5. The maximum Gasteiger partial charge on any atom is 0.255 e. The Labute approximate surface area is 177 Å². The first-order valence-corrected chi connectivity index (χ1v) is 10.2. The van der Waals surface area contributed by atoms with Gasteiger partial charge in [0.15, 0.2) is 5.82 Å². The van der Waals surface area contributed by atoms with Gasteiger partial charge >= 0.3 is 0 Å². The second-order valence-electron chi connectivity index (χ2n) is 7.44. The van der Waals surface area contributed by atoms with Crippen LogP contribution in [0, 0.1) is 5.82 Å². The highest BCUT2D eigenvalue weighted by atomic mass is 19.1. The molecule has 2 aromatic heterocycles. The van der Waals surface area contributed by atoms with E-state index in [2.05, 4.69) is 25.6 Å². The molecule has 1 N–H and O–H groups in total. The van der Waals surface area contributed by atoms with Crippen LogP contribution < -0.4 is 5.32 Å². The van der Waals surface area contributed by atoms with E-state index in [0.29, 0.717) is 22.6 Å². The summed E-state index contributed by atoms with van der Waals surface area (Å²) >= 11 is 0. The topological polar surface area (TPSA) is 90.5 Å². The van der Waals surface area contributed by atoms with Crippen molar-refractivity contribution in [1.82, 2.24) is 29.5 Å². The molecular formula is C22H20FN7O. The van der Waals surface area contributed by atoms with Crippen molar-refractivity contribution in [2.75, 3.05) is 5.32 Å². The van der Waals surface area contributed by atoms with Gasteiger partial charge in [-0.2, -0.15) is 5.10 Å². The van der Waals surface area contributed by atoms with E-state index in [4.69, 9.17) is 0 Å². The van der Waals surface area contributed by atoms with E-state index >= 15 is 0 Å². The van der Waals surface area contributed by atoms with Crippen molar-refractivity contribution in [2.24, 2.45) is 0 Å². The van der Waals surface area contributed by atoms with Gasteiger partial charge in [-0.1, -0.05) is 6.42 Å². The van der Waals surface area contributed by atoms with Crippen molar-refractivity contribution in [3.63, 3.8) is 0 Å². The summed E-state index contributed by atoms with van der Waals surface area (Å²) in [5, 5.41) is 15.4. The van der Waals surface area contributed by atoms with E-state index in [-0.39, 0.29) is 5.91 Å². The van der Waals surface area contributed by atoms with Crippen LogP contribution in [-0.2, 0) is 13.0 Å². The molecule has 3 heterocycles. The number of rotatable bonds is 4. The lowest BCUT2D eigenvalue weighted by Crippen LogP contribution is -2.12. The van der Waals surface area contributed by atoms with Crippen molar-refractivity contribution in [2.45, 2.75) is 32.2 Å². The van der Waals surface area contributed by atoms with Crippen molar-refractivity contribution in [3.05, 3.63) is 72.3 Å². The second-order valence-corrected chi connectivity index (χ2v) is 7.44. The van der Waals surface area contributed by atoms with Crippen LogP contribution in [0.15, 0.2) is 55.1 Å². The predicted octanol–water partition coefficient (Wildman–Crippen LogP) is 3.64. The lowest BCUT2D eigenvalue weighted by molar-refractivity contribution is 0.102.